The third-order valence-electron chi connectivity index (χ3n) is 2.86. The van der Waals surface area contributed by atoms with Crippen molar-refractivity contribution >= 4 is 34.6 Å². The van der Waals surface area contributed by atoms with Gasteiger partial charge in [-0.1, -0.05) is 23.7 Å². The van der Waals surface area contributed by atoms with E-state index in [1.54, 1.807) is 37.5 Å². The quantitative estimate of drug-likeness (QED) is 0.742. The zero-order valence-electron chi connectivity index (χ0n) is 11.9. The fraction of sp³-hybridized carbons (Fsp3) is 0.0625. The van der Waals surface area contributed by atoms with Crippen LogP contribution < -0.4 is 10.6 Å². The molecule has 0 aliphatic heterocycles. The molecule has 2 rings (SSSR count). The summed E-state index contributed by atoms with van der Waals surface area (Å²) < 4.78 is 0. The number of benzene rings is 1. The summed E-state index contributed by atoms with van der Waals surface area (Å²) in [4.78, 5) is 15.9. The highest BCUT2D eigenvalue weighted by Gasteiger charge is 2.09. The van der Waals surface area contributed by atoms with Crippen molar-refractivity contribution in [3.63, 3.8) is 0 Å². The molecule has 0 atom stereocenters. The molecular formula is C16H15ClN4O. The van der Waals surface area contributed by atoms with Gasteiger partial charge >= 0.3 is 0 Å². The Labute approximate surface area is 133 Å². The van der Waals surface area contributed by atoms with Crippen LogP contribution in [0.1, 0.15) is 5.56 Å². The first-order chi connectivity index (χ1) is 10.6. The molecular weight excluding hydrogens is 300 g/mol. The van der Waals surface area contributed by atoms with Gasteiger partial charge in [0, 0.05) is 24.0 Å². The molecule has 0 unspecified atom stereocenters. The summed E-state index contributed by atoms with van der Waals surface area (Å²) in [6, 6.07) is 10.6. The number of amides is 1. The van der Waals surface area contributed by atoms with Crippen molar-refractivity contribution in [3.05, 3.63) is 65.5 Å². The first-order valence-corrected chi connectivity index (χ1v) is 6.93. The van der Waals surface area contributed by atoms with Gasteiger partial charge in [0.15, 0.2) is 0 Å². The Kier molecular flexibility index (Phi) is 5.27. The zero-order valence-corrected chi connectivity index (χ0v) is 12.7. The fourth-order valence-corrected chi connectivity index (χ4v) is 1.99. The summed E-state index contributed by atoms with van der Waals surface area (Å²) >= 11 is 5.96. The molecule has 0 aliphatic carbocycles. The Morgan fingerprint density at radius 1 is 1.32 bits per heavy atom. The summed E-state index contributed by atoms with van der Waals surface area (Å²) in [6.45, 7) is 0. The van der Waals surface area contributed by atoms with Gasteiger partial charge in [0.25, 0.3) is 5.91 Å². The van der Waals surface area contributed by atoms with Crippen LogP contribution in [0.5, 0.6) is 0 Å². The topological polar surface area (TPSA) is 77.9 Å². The van der Waals surface area contributed by atoms with E-state index < -0.39 is 5.91 Å². The summed E-state index contributed by atoms with van der Waals surface area (Å²) in [5.41, 5.74) is 1.80. The molecule has 5 nitrogen and oxygen atoms in total. The standard InChI is InChI=1S/C16H15ClN4O/c1-19-15(11-4-2-5-12(17)8-11)9-14(18)16(22)21-13-6-3-7-20-10-13/h2-10,18-19H,1H3,(H,21,22)/b15-9-,18-14?. The van der Waals surface area contributed by atoms with Gasteiger partial charge in [0.05, 0.1) is 11.9 Å². The average Bonchev–Trinajstić information content (AvgIpc) is 2.53. The predicted octanol–water partition coefficient (Wildman–Crippen LogP) is 2.95. The fourth-order valence-electron chi connectivity index (χ4n) is 1.80. The van der Waals surface area contributed by atoms with Gasteiger partial charge in [-0.05, 0) is 35.9 Å². The largest absolute Gasteiger partial charge is 0.388 e. The van der Waals surface area contributed by atoms with Crippen molar-refractivity contribution in [2.24, 2.45) is 0 Å². The van der Waals surface area contributed by atoms with E-state index in [2.05, 4.69) is 15.6 Å². The second-order valence-electron chi connectivity index (χ2n) is 4.43. The normalized spacial score (nSPS) is 10.9. The van der Waals surface area contributed by atoms with Crippen LogP contribution in [0.15, 0.2) is 54.9 Å². The van der Waals surface area contributed by atoms with Crippen molar-refractivity contribution in [1.82, 2.24) is 10.3 Å². The molecule has 3 N–H and O–H groups in total. The minimum absolute atomic E-state index is 0.173. The van der Waals surface area contributed by atoms with Crippen LogP contribution in [0, 0.1) is 5.41 Å². The van der Waals surface area contributed by atoms with Crippen molar-refractivity contribution < 1.29 is 4.79 Å². The van der Waals surface area contributed by atoms with Gasteiger partial charge in [-0.15, -0.1) is 0 Å². The number of rotatable bonds is 5. The lowest BCUT2D eigenvalue weighted by Gasteiger charge is -2.09. The Bertz CT molecular complexity index is 713. The van der Waals surface area contributed by atoms with Gasteiger partial charge in [-0.3, -0.25) is 15.2 Å². The smallest absolute Gasteiger partial charge is 0.273 e. The Balaban J connectivity index is 2.15. The number of aromatic nitrogens is 1. The second-order valence-corrected chi connectivity index (χ2v) is 4.86. The Hall–Kier alpha value is -2.66. The number of halogens is 1. The van der Waals surface area contributed by atoms with E-state index in [1.807, 2.05) is 12.1 Å². The number of hydrogen-bond acceptors (Lipinski definition) is 4. The molecule has 0 saturated heterocycles. The van der Waals surface area contributed by atoms with Crippen LogP contribution in [-0.4, -0.2) is 23.7 Å². The van der Waals surface area contributed by atoms with Gasteiger partial charge in [-0.2, -0.15) is 0 Å². The molecule has 2 aromatic rings. The van der Waals surface area contributed by atoms with Crippen molar-refractivity contribution in [2.75, 3.05) is 12.4 Å². The molecule has 0 fully saturated rings. The van der Waals surface area contributed by atoms with Crippen molar-refractivity contribution in [3.8, 4) is 0 Å². The van der Waals surface area contributed by atoms with Crippen LogP contribution in [0.25, 0.3) is 5.70 Å². The van der Waals surface area contributed by atoms with Crippen LogP contribution in [0.3, 0.4) is 0 Å². The molecule has 6 heteroatoms. The first-order valence-electron chi connectivity index (χ1n) is 6.55. The number of pyridine rings is 1. The lowest BCUT2D eigenvalue weighted by Crippen LogP contribution is -2.21. The molecule has 0 radical (unpaired) electrons. The van der Waals surface area contributed by atoms with Gasteiger partial charge in [0.1, 0.15) is 5.71 Å². The monoisotopic (exact) mass is 314 g/mol. The number of carbonyl (C=O) groups is 1. The lowest BCUT2D eigenvalue weighted by molar-refractivity contribution is -0.110. The number of anilines is 1. The van der Waals surface area contributed by atoms with Gasteiger partial charge < -0.3 is 10.6 Å². The van der Waals surface area contributed by atoms with E-state index in [1.165, 1.54) is 12.3 Å². The van der Waals surface area contributed by atoms with Crippen LogP contribution in [-0.2, 0) is 4.79 Å². The van der Waals surface area contributed by atoms with Crippen LogP contribution in [0.2, 0.25) is 5.02 Å². The highest BCUT2D eigenvalue weighted by atomic mass is 35.5. The average molecular weight is 315 g/mol. The third kappa shape index (κ3) is 4.17. The summed E-state index contributed by atoms with van der Waals surface area (Å²) in [6.07, 6.45) is 4.58. The van der Waals surface area contributed by atoms with E-state index in [-0.39, 0.29) is 5.71 Å². The van der Waals surface area contributed by atoms with E-state index in [9.17, 15) is 4.79 Å². The molecule has 22 heavy (non-hydrogen) atoms. The Morgan fingerprint density at radius 3 is 2.77 bits per heavy atom. The summed E-state index contributed by atoms with van der Waals surface area (Å²) in [7, 11) is 1.72. The van der Waals surface area contributed by atoms with E-state index >= 15 is 0 Å². The maximum atomic E-state index is 12.0. The third-order valence-corrected chi connectivity index (χ3v) is 3.09. The molecule has 1 aromatic heterocycles. The maximum Gasteiger partial charge on any atom is 0.273 e. The zero-order chi connectivity index (χ0) is 15.9. The minimum Gasteiger partial charge on any atom is -0.388 e. The molecule has 1 heterocycles. The van der Waals surface area contributed by atoms with Crippen LogP contribution >= 0.6 is 11.6 Å². The number of hydrogen-bond donors (Lipinski definition) is 3. The first kappa shape index (κ1) is 15.7. The van der Waals surface area contributed by atoms with Crippen molar-refractivity contribution in [2.45, 2.75) is 0 Å². The molecule has 0 saturated carbocycles. The molecule has 0 spiro atoms. The summed E-state index contributed by atoms with van der Waals surface area (Å²) in [5.74, 6) is -0.511. The SMILES string of the molecule is CN/C(=C\C(=N)C(=O)Nc1cccnc1)c1cccc(Cl)c1. The van der Waals surface area contributed by atoms with E-state index in [4.69, 9.17) is 17.0 Å². The predicted molar refractivity (Wildman–Crippen MR) is 89.1 cm³/mol. The summed E-state index contributed by atoms with van der Waals surface area (Å²) in [5, 5.41) is 14.1. The number of nitrogens with one attached hydrogen (secondary N) is 3. The number of nitrogens with zero attached hydrogens (tertiary/aromatic N) is 1. The van der Waals surface area contributed by atoms with Crippen LogP contribution in [0.4, 0.5) is 5.69 Å². The highest BCUT2D eigenvalue weighted by Crippen LogP contribution is 2.16. The van der Waals surface area contributed by atoms with E-state index in [0.717, 1.165) is 5.56 Å². The molecule has 1 aromatic carbocycles. The molecule has 112 valence electrons. The Morgan fingerprint density at radius 2 is 2.14 bits per heavy atom. The minimum atomic E-state index is -0.511. The molecule has 1 amide bonds. The van der Waals surface area contributed by atoms with Gasteiger partial charge in [-0.25, -0.2) is 0 Å². The lowest BCUT2D eigenvalue weighted by atomic mass is 10.1. The van der Waals surface area contributed by atoms with Gasteiger partial charge in [0.2, 0.25) is 0 Å². The number of carbonyl (C=O) groups excluding carboxylic acids is 1. The van der Waals surface area contributed by atoms with Crippen molar-refractivity contribution in [1.29, 1.82) is 5.41 Å². The van der Waals surface area contributed by atoms with E-state index in [0.29, 0.717) is 16.4 Å². The second kappa shape index (κ2) is 7.38. The highest BCUT2D eigenvalue weighted by molar-refractivity contribution is 6.46. The molecule has 0 aliphatic rings. The maximum absolute atomic E-state index is 12.0. The molecule has 0 bridgehead atoms.